The largest absolute Gasteiger partial charge is 0.382 e. The number of nitrogen functional groups attached to an aromatic ring is 1. The number of benzene rings is 1. The second kappa shape index (κ2) is 9.77. The SMILES string of the molecule is N#Cc1c(N)ncnc1N1CCC(c2nc(-c3ccc(F)cc3)cn2CCN2CCCC2)CC1. The van der Waals surface area contributed by atoms with Crippen LogP contribution < -0.4 is 10.6 Å². The van der Waals surface area contributed by atoms with Gasteiger partial charge in [0.2, 0.25) is 0 Å². The molecule has 176 valence electrons. The Morgan fingerprint density at radius 2 is 1.76 bits per heavy atom. The molecule has 2 aliphatic heterocycles. The van der Waals surface area contributed by atoms with Crippen molar-refractivity contribution >= 4 is 11.6 Å². The molecule has 0 bridgehead atoms. The fourth-order valence-corrected chi connectivity index (χ4v) is 5.04. The van der Waals surface area contributed by atoms with Gasteiger partial charge in [-0.25, -0.2) is 19.3 Å². The van der Waals surface area contributed by atoms with Crippen molar-refractivity contribution in [1.82, 2.24) is 24.4 Å². The Hall–Kier alpha value is -3.51. The van der Waals surface area contributed by atoms with Crippen LogP contribution in [0.15, 0.2) is 36.8 Å². The van der Waals surface area contributed by atoms with Crippen molar-refractivity contribution in [2.45, 2.75) is 38.1 Å². The Bertz CT molecular complexity index is 1170. The highest BCUT2D eigenvalue weighted by molar-refractivity contribution is 5.63. The van der Waals surface area contributed by atoms with Gasteiger partial charge in [0.1, 0.15) is 35.4 Å². The maximum Gasteiger partial charge on any atom is 0.152 e. The summed E-state index contributed by atoms with van der Waals surface area (Å²) >= 11 is 0. The number of imidazole rings is 1. The molecule has 5 rings (SSSR count). The molecule has 2 aromatic heterocycles. The van der Waals surface area contributed by atoms with Crippen LogP contribution in [-0.4, -0.2) is 57.1 Å². The van der Waals surface area contributed by atoms with Gasteiger partial charge in [0.25, 0.3) is 0 Å². The Kier molecular flexibility index (Phi) is 6.41. The van der Waals surface area contributed by atoms with Crippen LogP contribution in [0.25, 0.3) is 11.3 Å². The van der Waals surface area contributed by atoms with E-state index in [2.05, 4.69) is 36.6 Å². The number of likely N-dealkylation sites (tertiary alicyclic amines) is 1. The molecular weight excluding hydrogens is 431 g/mol. The second-order valence-electron chi connectivity index (χ2n) is 9.06. The van der Waals surface area contributed by atoms with Crippen molar-refractivity contribution in [2.75, 3.05) is 43.4 Å². The molecule has 4 heterocycles. The van der Waals surface area contributed by atoms with Gasteiger partial charge in [-0.3, -0.25) is 0 Å². The van der Waals surface area contributed by atoms with Crippen LogP contribution >= 0.6 is 0 Å². The highest BCUT2D eigenvalue weighted by atomic mass is 19.1. The number of nitrogens with zero attached hydrogens (tertiary/aromatic N) is 7. The summed E-state index contributed by atoms with van der Waals surface area (Å²) in [5.41, 5.74) is 8.04. The van der Waals surface area contributed by atoms with Gasteiger partial charge in [0.05, 0.1) is 5.69 Å². The summed E-state index contributed by atoms with van der Waals surface area (Å²) in [6, 6.07) is 8.69. The molecule has 9 heteroatoms. The highest BCUT2D eigenvalue weighted by Crippen LogP contribution is 2.33. The third kappa shape index (κ3) is 4.59. The number of rotatable bonds is 6. The molecule has 2 N–H and O–H groups in total. The zero-order valence-corrected chi connectivity index (χ0v) is 19.2. The van der Waals surface area contributed by atoms with Gasteiger partial charge in [0.15, 0.2) is 5.82 Å². The van der Waals surface area contributed by atoms with E-state index in [9.17, 15) is 9.65 Å². The number of anilines is 2. The summed E-state index contributed by atoms with van der Waals surface area (Å²) in [7, 11) is 0. The summed E-state index contributed by atoms with van der Waals surface area (Å²) in [6.45, 7) is 5.76. The molecule has 0 radical (unpaired) electrons. The average Bonchev–Trinajstić information content (AvgIpc) is 3.53. The van der Waals surface area contributed by atoms with E-state index in [-0.39, 0.29) is 11.6 Å². The van der Waals surface area contributed by atoms with Crippen molar-refractivity contribution in [1.29, 1.82) is 5.26 Å². The summed E-state index contributed by atoms with van der Waals surface area (Å²) in [6.07, 6.45) is 7.88. The second-order valence-corrected chi connectivity index (χ2v) is 9.06. The van der Waals surface area contributed by atoms with E-state index >= 15 is 0 Å². The lowest BCUT2D eigenvalue weighted by Gasteiger charge is -2.33. The minimum absolute atomic E-state index is 0.219. The van der Waals surface area contributed by atoms with Crippen molar-refractivity contribution < 1.29 is 4.39 Å². The Balaban J connectivity index is 1.36. The normalized spacial score (nSPS) is 17.2. The zero-order chi connectivity index (χ0) is 23.5. The molecule has 0 atom stereocenters. The quantitative estimate of drug-likeness (QED) is 0.602. The lowest BCUT2D eigenvalue weighted by atomic mass is 9.95. The van der Waals surface area contributed by atoms with Crippen LogP contribution in [0.1, 0.15) is 43.0 Å². The number of hydrogen-bond donors (Lipinski definition) is 1. The Labute approximate surface area is 198 Å². The molecule has 0 spiro atoms. The van der Waals surface area contributed by atoms with Crippen LogP contribution in [-0.2, 0) is 6.54 Å². The molecule has 3 aromatic rings. The Morgan fingerprint density at radius 3 is 2.47 bits per heavy atom. The third-order valence-corrected chi connectivity index (χ3v) is 6.93. The number of hydrogen-bond acceptors (Lipinski definition) is 7. The summed E-state index contributed by atoms with van der Waals surface area (Å²) in [5.74, 6) is 1.97. The molecule has 34 heavy (non-hydrogen) atoms. The molecule has 2 saturated heterocycles. The molecular formula is C25H29FN8. The van der Waals surface area contributed by atoms with E-state index in [4.69, 9.17) is 10.7 Å². The molecule has 0 aliphatic carbocycles. The first-order chi connectivity index (χ1) is 16.6. The standard InChI is InChI=1S/C25H29FN8/c26-20-5-3-18(4-6-20)22-16-34(14-13-32-9-1-2-10-32)24(31-22)19-7-11-33(12-8-19)25-21(15-27)23(28)29-17-30-25/h3-6,16-17,19H,1-2,7-14H2,(H2,28,29,30). The number of nitrogens with two attached hydrogens (primary N) is 1. The number of nitriles is 1. The van der Waals surface area contributed by atoms with Crippen LogP contribution in [0, 0.1) is 17.1 Å². The van der Waals surface area contributed by atoms with E-state index in [1.165, 1.54) is 31.3 Å². The van der Waals surface area contributed by atoms with E-state index in [1.54, 1.807) is 12.1 Å². The van der Waals surface area contributed by atoms with Crippen LogP contribution in [0.5, 0.6) is 0 Å². The van der Waals surface area contributed by atoms with Crippen molar-refractivity contribution in [3.05, 3.63) is 54.0 Å². The maximum absolute atomic E-state index is 13.5. The van der Waals surface area contributed by atoms with Gasteiger partial charge < -0.3 is 20.1 Å². The average molecular weight is 461 g/mol. The zero-order valence-electron chi connectivity index (χ0n) is 19.2. The first-order valence-corrected chi connectivity index (χ1v) is 11.9. The van der Waals surface area contributed by atoms with E-state index in [0.29, 0.717) is 17.3 Å². The molecule has 0 amide bonds. The molecule has 0 unspecified atom stereocenters. The van der Waals surface area contributed by atoms with Crippen LogP contribution in [0.3, 0.4) is 0 Å². The lowest BCUT2D eigenvalue weighted by molar-refractivity contribution is 0.317. The monoisotopic (exact) mass is 460 g/mol. The predicted octanol–water partition coefficient (Wildman–Crippen LogP) is 3.41. The fraction of sp³-hybridized carbons (Fsp3) is 0.440. The molecule has 8 nitrogen and oxygen atoms in total. The van der Waals surface area contributed by atoms with Crippen LogP contribution in [0.2, 0.25) is 0 Å². The van der Waals surface area contributed by atoms with Gasteiger partial charge in [-0.05, 0) is 63.0 Å². The minimum atomic E-state index is -0.244. The summed E-state index contributed by atoms with van der Waals surface area (Å²) in [4.78, 5) is 17.9. The van der Waals surface area contributed by atoms with E-state index in [1.807, 2.05) is 0 Å². The Morgan fingerprint density at radius 1 is 1.03 bits per heavy atom. The lowest BCUT2D eigenvalue weighted by Crippen LogP contribution is -2.35. The smallest absolute Gasteiger partial charge is 0.152 e. The van der Waals surface area contributed by atoms with Crippen molar-refractivity contribution in [3.63, 3.8) is 0 Å². The first kappa shape index (κ1) is 22.3. The third-order valence-electron chi connectivity index (χ3n) is 6.93. The van der Waals surface area contributed by atoms with Gasteiger partial charge in [0, 0.05) is 43.9 Å². The molecule has 2 fully saturated rings. The summed E-state index contributed by atoms with van der Waals surface area (Å²) in [5, 5.41) is 9.50. The highest BCUT2D eigenvalue weighted by Gasteiger charge is 2.28. The van der Waals surface area contributed by atoms with Crippen molar-refractivity contribution in [2.24, 2.45) is 0 Å². The maximum atomic E-state index is 13.5. The van der Waals surface area contributed by atoms with Crippen LogP contribution in [0.4, 0.5) is 16.0 Å². The van der Waals surface area contributed by atoms with Gasteiger partial charge >= 0.3 is 0 Å². The molecule has 2 aliphatic rings. The molecule has 0 saturated carbocycles. The molecule has 1 aromatic carbocycles. The predicted molar refractivity (Wildman–Crippen MR) is 129 cm³/mol. The van der Waals surface area contributed by atoms with Gasteiger partial charge in [-0.1, -0.05) is 0 Å². The number of piperidine rings is 1. The first-order valence-electron chi connectivity index (χ1n) is 11.9. The van der Waals surface area contributed by atoms with Gasteiger partial charge in [-0.15, -0.1) is 0 Å². The fourth-order valence-electron chi connectivity index (χ4n) is 5.04. The number of aromatic nitrogens is 4. The number of halogens is 1. The van der Waals surface area contributed by atoms with E-state index in [0.717, 1.165) is 69.2 Å². The topological polar surface area (TPSA) is 99.9 Å². The van der Waals surface area contributed by atoms with E-state index < -0.39 is 0 Å². The van der Waals surface area contributed by atoms with Crippen molar-refractivity contribution in [3.8, 4) is 17.3 Å². The summed E-state index contributed by atoms with van der Waals surface area (Å²) < 4.78 is 15.7. The minimum Gasteiger partial charge on any atom is -0.382 e. The van der Waals surface area contributed by atoms with Gasteiger partial charge in [-0.2, -0.15) is 5.26 Å².